The lowest BCUT2D eigenvalue weighted by molar-refractivity contribution is 0.424. The zero-order valence-corrected chi connectivity index (χ0v) is 11.4. The van der Waals surface area contributed by atoms with Gasteiger partial charge in [0.25, 0.3) is 0 Å². The molecule has 0 aromatic carbocycles. The monoisotopic (exact) mass is 244 g/mol. The lowest BCUT2D eigenvalue weighted by Crippen LogP contribution is -2.35. The van der Waals surface area contributed by atoms with Crippen molar-refractivity contribution >= 4 is 0 Å². The molecular formula is C14H20N4. The largest absolute Gasteiger partial charge is 0.308 e. The van der Waals surface area contributed by atoms with Gasteiger partial charge in [0.2, 0.25) is 0 Å². The molecule has 18 heavy (non-hydrogen) atoms. The van der Waals surface area contributed by atoms with Crippen LogP contribution in [0.3, 0.4) is 0 Å². The summed E-state index contributed by atoms with van der Waals surface area (Å²) in [6, 6.07) is 6.04. The Morgan fingerprint density at radius 3 is 2.50 bits per heavy atom. The molecule has 0 unspecified atom stereocenters. The van der Waals surface area contributed by atoms with Gasteiger partial charge in [-0.1, -0.05) is 6.07 Å². The molecule has 1 N–H and O–H groups in total. The van der Waals surface area contributed by atoms with E-state index >= 15 is 0 Å². The van der Waals surface area contributed by atoms with Gasteiger partial charge in [-0.25, -0.2) is 9.67 Å². The molecule has 2 rings (SSSR count). The SMILES string of the molecule is Cc1ccn(-c2ccc(CNC(C)(C)C)cn2)n1. The van der Waals surface area contributed by atoms with Crippen LogP contribution in [-0.2, 0) is 6.54 Å². The second-order valence-corrected chi connectivity index (χ2v) is 5.53. The number of aromatic nitrogens is 3. The minimum Gasteiger partial charge on any atom is -0.308 e. The van der Waals surface area contributed by atoms with Crippen molar-refractivity contribution in [3.8, 4) is 5.82 Å². The smallest absolute Gasteiger partial charge is 0.153 e. The van der Waals surface area contributed by atoms with E-state index in [1.807, 2.05) is 31.5 Å². The predicted octanol–water partition coefficient (Wildman–Crippen LogP) is 2.46. The maximum Gasteiger partial charge on any atom is 0.153 e. The van der Waals surface area contributed by atoms with E-state index in [0.717, 1.165) is 18.1 Å². The van der Waals surface area contributed by atoms with Gasteiger partial charge >= 0.3 is 0 Å². The topological polar surface area (TPSA) is 42.7 Å². The first-order chi connectivity index (χ1) is 8.44. The standard InChI is InChI=1S/C14H20N4/c1-11-7-8-18(17-11)13-6-5-12(9-15-13)10-16-14(2,3)4/h5-9,16H,10H2,1-4H3. The van der Waals surface area contributed by atoms with Crippen molar-refractivity contribution in [2.24, 2.45) is 0 Å². The van der Waals surface area contributed by atoms with Crippen molar-refractivity contribution in [3.05, 3.63) is 41.9 Å². The molecule has 96 valence electrons. The van der Waals surface area contributed by atoms with E-state index in [2.05, 4.69) is 42.2 Å². The molecular weight excluding hydrogens is 224 g/mol. The van der Waals surface area contributed by atoms with Crippen molar-refractivity contribution < 1.29 is 0 Å². The number of rotatable bonds is 3. The van der Waals surface area contributed by atoms with Gasteiger partial charge in [-0.15, -0.1) is 0 Å². The van der Waals surface area contributed by atoms with Gasteiger partial charge in [0.05, 0.1) is 5.69 Å². The fourth-order valence-electron chi connectivity index (χ4n) is 1.57. The van der Waals surface area contributed by atoms with E-state index in [0.29, 0.717) is 0 Å². The molecule has 0 saturated heterocycles. The minimum atomic E-state index is 0.123. The highest BCUT2D eigenvalue weighted by Gasteiger charge is 2.08. The van der Waals surface area contributed by atoms with Gasteiger partial charge in [-0.2, -0.15) is 5.10 Å². The van der Waals surface area contributed by atoms with E-state index < -0.39 is 0 Å². The fourth-order valence-corrected chi connectivity index (χ4v) is 1.57. The molecule has 0 bridgehead atoms. The molecule has 0 spiro atoms. The first-order valence-electron chi connectivity index (χ1n) is 6.17. The third-order valence-electron chi connectivity index (χ3n) is 2.59. The maximum absolute atomic E-state index is 4.42. The summed E-state index contributed by atoms with van der Waals surface area (Å²) in [6.45, 7) is 9.26. The Bertz CT molecular complexity index is 505. The highest BCUT2D eigenvalue weighted by atomic mass is 15.3. The minimum absolute atomic E-state index is 0.123. The number of hydrogen-bond donors (Lipinski definition) is 1. The van der Waals surface area contributed by atoms with Gasteiger partial charge < -0.3 is 5.32 Å². The highest BCUT2D eigenvalue weighted by molar-refractivity contribution is 5.25. The Kier molecular flexibility index (Phi) is 3.48. The van der Waals surface area contributed by atoms with Crippen molar-refractivity contribution in [2.45, 2.75) is 39.8 Å². The zero-order valence-electron chi connectivity index (χ0n) is 11.4. The molecule has 2 aromatic rings. The summed E-state index contributed by atoms with van der Waals surface area (Å²) in [6.07, 6.45) is 3.82. The molecule has 4 heteroatoms. The van der Waals surface area contributed by atoms with Crippen LogP contribution in [0.25, 0.3) is 5.82 Å². The third kappa shape index (κ3) is 3.40. The average molecular weight is 244 g/mol. The molecule has 0 fully saturated rings. The Morgan fingerprint density at radius 2 is 2.00 bits per heavy atom. The van der Waals surface area contributed by atoms with E-state index in [-0.39, 0.29) is 5.54 Å². The summed E-state index contributed by atoms with van der Waals surface area (Å²) in [5, 5.41) is 7.77. The lowest BCUT2D eigenvalue weighted by Gasteiger charge is -2.20. The Hall–Kier alpha value is -1.68. The van der Waals surface area contributed by atoms with Crippen LogP contribution >= 0.6 is 0 Å². The van der Waals surface area contributed by atoms with Crippen molar-refractivity contribution in [3.63, 3.8) is 0 Å². The van der Waals surface area contributed by atoms with E-state index in [1.54, 1.807) is 4.68 Å². The molecule has 0 amide bonds. The molecule has 2 aromatic heterocycles. The summed E-state index contributed by atoms with van der Waals surface area (Å²) in [4.78, 5) is 4.42. The molecule has 0 radical (unpaired) electrons. The number of nitrogens with zero attached hydrogens (tertiary/aromatic N) is 3. The summed E-state index contributed by atoms with van der Waals surface area (Å²) in [5.74, 6) is 0.850. The van der Waals surface area contributed by atoms with Crippen LogP contribution in [0.4, 0.5) is 0 Å². The Labute approximate surface area is 108 Å². The van der Waals surface area contributed by atoms with Gasteiger partial charge in [-0.3, -0.25) is 0 Å². The summed E-state index contributed by atoms with van der Waals surface area (Å²) < 4.78 is 1.79. The summed E-state index contributed by atoms with van der Waals surface area (Å²) >= 11 is 0. The van der Waals surface area contributed by atoms with E-state index in [4.69, 9.17) is 0 Å². The number of nitrogens with one attached hydrogen (secondary N) is 1. The van der Waals surface area contributed by atoms with E-state index in [1.165, 1.54) is 5.56 Å². The molecule has 0 aliphatic heterocycles. The molecule has 2 heterocycles. The van der Waals surface area contributed by atoms with Crippen LogP contribution in [0.15, 0.2) is 30.6 Å². The first-order valence-corrected chi connectivity index (χ1v) is 6.17. The van der Waals surface area contributed by atoms with Crippen LogP contribution in [0.5, 0.6) is 0 Å². The summed E-state index contributed by atoms with van der Waals surface area (Å²) in [5.41, 5.74) is 2.30. The molecule has 0 aliphatic carbocycles. The Balaban J connectivity index is 2.06. The molecule has 0 saturated carbocycles. The predicted molar refractivity (Wildman–Crippen MR) is 72.7 cm³/mol. The van der Waals surface area contributed by atoms with Crippen LogP contribution in [-0.4, -0.2) is 20.3 Å². The van der Waals surface area contributed by atoms with Gasteiger partial charge in [0.1, 0.15) is 0 Å². The van der Waals surface area contributed by atoms with Crippen molar-refractivity contribution in [1.29, 1.82) is 0 Å². The van der Waals surface area contributed by atoms with Crippen LogP contribution in [0.2, 0.25) is 0 Å². The van der Waals surface area contributed by atoms with E-state index in [9.17, 15) is 0 Å². The maximum atomic E-state index is 4.42. The second kappa shape index (κ2) is 4.90. The first kappa shape index (κ1) is 12.8. The molecule has 0 aliphatic rings. The highest BCUT2D eigenvalue weighted by Crippen LogP contribution is 2.07. The summed E-state index contributed by atoms with van der Waals surface area (Å²) in [7, 11) is 0. The third-order valence-corrected chi connectivity index (χ3v) is 2.59. The van der Waals surface area contributed by atoms with Crippen molar-refractivity contribution in [1.82, 2.24) is 20.1 Å². The van der Waals surface area contributed by atoms with Crippen LogP contribution in [0, 0.1) is 6.92 Å². The fraction of sp³-hybridized carbons (Fsp3) is 0.429. The zero-order chi connectivity index (χ0) is 13.2. The van der Waals surface area contributed by atoms with Crippen LogP contribution in [0.1, 0.15) is 32.0 Å². The quantitative estimate of drug-likeness (QED) is 0.902. The normalized spacial score (nSPS) is 11.8. The Morgan fingerprint density at radius 1 is 1.22 bits per heavy atom. The average Bonchev–Trinajstić information content (AvgIpc) is 2.73. The second-order valence-electron chi connectivity index (χ2n) is 5.53. The van der Waals surface area contributed by atoms with Gasteiger partial charge in [0.15, 0.2) is 5.82 Å². The molecule has 0 atom stereocenters. The molecule has 4 nitrogen and oxygen atoms in total. The number of pyridine rings is 1. The van der Waals surface area contributed by atoms with Crippen LogP contribution < -0.4 is 5.32 Å². The van der Waals surface area contributed by atoms with Gasteiger partial charge in [0, 0.05) is 24.5 Å². The van der Waals surface area contributed by atoms with Crippen molar-refractivity contribution in [2.75, 3.05) is 0 Å². The number of hydrogen-bond acceptors (Lipinski definition) is 3. The van der Waals surface area contributed by atoms with Gasteiger partial charge in [-0.05, 0) is 45.4 Å². The number of aryl methyl sites for hydroxylation is 1. The lowest BCUT2D eigenvalue weighted by atomic mass is 10.1.